The predicted molar refractivity (Wildman–Crippen MR) is 151 cm³/mol. The average Bonchev–Trinajstić information content (AvgIpc) is 3.00. The molecule has 4 rings (SSSR count). The fourth-order valence-corrected chi connectivity index (χ4v) is 5.84. The van der Waals surface area contributed by atoms with Crippen LogP contribution in [-0.2, 0) is 30.9 Å². The zero-order chi connectivity index (χ0) is 28.4. The Hall–Kier alpha value is -3.73. The van der Waals surface area contributed by atoms with E-state index in [-0.39, 0.29) is 29.9 Å². The van der Waals surface area contributed by atoms with Crippen LogP contribution < -0.4 is 10.1 Å². The van der Waals surface area contributed by atoms with Gasteiger partial charge in [0.05, 0.1) is 18.1 Å². The van der Waals surface area contributed by atoms with Gasteiger partial charge in [-0.2, -0.15) is 4.31 Å². The van der Waals surface area contributed by atoms with E-state index in [1.807, 2.05) is 67.6 Å². The number of benzene rings is 3. The van der Waals surface area contributed by atoms with Gasteiger partial charge in [-0.05, 0) is 41.8 Å². The molecule has 2 amide bonds. The molecule has 3 aromatic rings. The molecule has 1 N–H and O–H groups in total. The Morgan fingerprint density at radius 2 is 1.57 bits per heavy atom. The molecule has 40 heavy (non-hydrogen) atoms. The number of nitrogens with zero attached hydrogens (tertiary/aromatic N) is 2. The summed E-state index contributed by atoms with van der Waals surface area (Å²) in [4.78, 5) is 28.7. The number of morpholine rings is 1. The first kappa shape index (κ1) is 29.3. The van der Waals surface area contributed by atoms with Crippen molar-refractivity contribution in [3.63, 3.8) is 0 Å². The van der Waals surface area contributed by atoms with Gasteiger partial charge in [0.2, 0.25) is 15.9 Å². The maximum Gasteiger partial charge on any atom is 0.261 e. The predicted octanol–water partition coefficient (Wildman–Crippen LogP) is 3.38. The Morgan fingerprint density at radius 1 is 0.950 bits per heavy atom. The fourth-order valence-electron chi connectivity index (χ4n) is 4.43. The van der Waals surface area contributed by atoms with E-state index in [9.17, 15) is 18.0 Å². The van der Waals surface area contributed by atoms with Crippen molar-refractivity contribution in [2.24, 2.45) is 0 Å². The van der Waals surface area contributed by atoms with E-state index < -0.39 is 16.1 Å². The molecular weight excluding hydrogens is 530 g/mol. The van der Waals surface area contributed by atoms with E-state index in [0.717, 1.165) is 12.0 Å². The largest absolute Gasteiger partial charge is 0.484 e. The van der Waals surface area contributed by atoms with Gasteiger partial charge in [-0.25, -0.2) is 8.42 Å². The molecule has 0 radical (unpaired) electrons. The molecule has 1 heterocycles. The van der Waals surface area contributed by atoms with Gasteiger partial charge in [0.15, 0.2) is 6.61 Å². The van der Waals surface area contributed by atoms with Crippen LogP contribution in [0, 0.1) is 0 Å². The summed E-state index contributed by atoms with van der Waals surface area (Å²) in [6, 6.07) is 23.8. The van der Waals surface area contributed by atoms with Gasteiger partial charge in [-0.15, -0.1) is 0 Å². The van der Waals surface area contributed by atoms with Crippen LogP contribution in [0.15, 0.2) is 89.8 Å². The second-order valence-electron chi connectivity index (χ2n) is 9.39. The highest BCUT2D eigenvalue weighted by Gasteiger charge is 2.32. The number of hydrogen-bond donors (Lipinski definition) is 1. The minimum absolute atomic E-state index is 0.149. The molecule has 0 bridgehead atoms. The van der Waals surface area contributed by atoms with E-state index >= 15 is 0 Å². The zero-order valence-electron chi connectivity index (χ0n) is 22.6. The molecule has 212 valence electrons. The van der Waals surface area contributed by atoms with E-state index in [1.165, 1.54) is 33.5 Å². The summed E-state index contributed by atoms with van der Waals surface area (Å²) in [5, 5.41) is 2.93. The maximum absolute atomic E-state index is 13.7. The standard InChI is InChI=1S/C30H35N3O6S/c1-2-17-31-30(35)29(25-11-7-4-8-12-25)33(22-24-9-5-3-6-10-24)28(34)23-39-26-13-15-27(16-14-26)40(36,37)32-18-20-38-21-19-32/h3-16,29H,2,17-23H2,1H3,(H,31,35). The molecule has 0 aromatic heterocycles. The lowest BCUT2D eigenvalue weighted by molar-refractivity contribution is -0.143. The van der Waals surface area contributed by atoms with E-state index in [4.69, 9.17) is 9.47 Å². The van der Waals surface area contributed by atoms with Crippen molar-refractivity contribution < 1.29 is 27.5 Å². The molecule has 1 unspecified atom stereocenters. The molecule has 1 saturated heterocycles. The van der Waals surface area contributed by atoms with Gasteiger partial charge in [0, 0.05) is 26.2 Å². The highest BCUT2D eigenvalue weighted by Crippen LogP contribution is 2.25. The summed E-state index contributed by atoms with van der Waals surface area (Å²) >= 11 is 0. The van der Waals surface area contributed by atoms with Crippen LogP contribution in [0.5, 0.6) is 5.75 Å². The molecule has 0 saturated carbocycles. The molecule has 1 atom stereocenters. The first-order valence-electron chi connectivity index (χ1n) is 13.4. The quantitative estimate of drug-likeness (QED) is 0.361. The summed E-state index contributed by atoms with van der Waals surface area (Å²) in [5.41, 5.74) is 1.57. The normalized spacial score (nSPS) is 14.7. The zero-order valence-corrected chi connectivity index (χ0v) is 23.4. The molecule has 0 spiro atoms. The summed E-state index contributed by atoms with van der Waals surface area (Å²) in [7, 11) is -3.64. The Labute approximate surface area is 235 Å². The van der Waals surface area contributed by atoms with E-state index in [0.29, 0.717) is 44.2 Å². The van der Waals surface area contributed by atoms with Gasteiger partial charge in [-0.3, -0.25) is 9.59 Å². The summed E-state index contributed by atoms with van der Waals surface area (Å²) < 4.78 is 38.3. The van der Waals surface area contributed by atoms with Gasteiger partial charge in [0.25, 0.3) is 5.91 Å². The maximum atomic E-state index is 13.7. The number of hydrogen-bond acceptors (Lipinski definition) is 6. The van der Waals surface area contributed by atoms with Crippen molar-refractivity contribution in [2.75, 3.05) is 39.5 Å². The third kappa shape index (κ3) is 7.47. The minimum Gasteiger partial charge on any atom is -0.484 e. The lowest BCUT2D eigenvalue weighted by Crippen LogP contribution is -2.45. The highest BCUT2D eigenvalue weighted by atomic mass is 32.2. The molecular formula is C30H35N3O6S. The van der Waals surface area contributed by atoms with Crippen molar-refractivity contribution >= 4 is 21.8 Å². The molecule has 1 aliphatic heterocycles. The number of carbonyl (C=O) groups excluding carboxylic acids is 2. The van der Waals surface area contributed by atoms with Crippen molar-refractivity contribution in [2.45, 2.75) is 30.8 Å². The lowest BCUT2D eigenvalue weighted by Gasteiger charge is -2.31. The third-order valence-corrected chi connectivity index (χ3v) is 8.45. The van der Waals surface area contributed by atoms with Crippen LogP contribution in [0.1, 0.15) is 30.5 Å². The first-order valence-corrected chi connectivity index (χ1v) is 14.8. The average molecular weight is 566 g/mol. The fraction of sp³-hybridized carbons (Fsp3) is 0.333. The topological polar surface area (TPSA) is 105 Å². The number of nitrogens with one attached hydrogen (secondary N) is 1. The first-order chi connectivity index (χ1) is 19.4. The molecule has 1 fully saturated rings. The number of carbonyl (C=O) groups is 2. The summed E-state index contributed by atoms with van der Waals surface area (Å²) in [6.07, 6.45) is 0.764. The van der Waals surface area contributed by atoms with Crippen LogP contribution in [0.25, 0.3) is 0 Å². The number of ether oxygens (including phenoxy) is 2. The van der Waals surface area contributed by atoms with Crippen molar-refractivity contribution in [1.82, 2.24) is 14.5 Å². The van der Waals surface area contributed by atoms with Gasteiger partial charge < -0.3 is 19.7 Å². The molecule has 9 nitrogen and oxygen atoms in total. The minimum atomic E-state index is -3.64. The second kappa shape index (κ2) is 14.1. The van der Waals surface area contributed by atoms with Crippen LogP contribution in [0.3, 0.4) is 0 Å². The van der Waals surface area contributed by atoms with Crippen molar-refractivity contribution in [3.05, 3.63) is 96.1 Å². The lowest BCUT2D eigenvalue weighted by atomic mass is 10.0. The van der Waals surface area contributed by atoms with Crippen LogP contribution >= 0.6 is 0 Å². The van der Waals surface area contributed by atoms with E-state index in [2.05, 4.69) is 5.32 Å². The number of rotatable bonds is 12. The Morgan fingerprint density at radius 3 is 2.20 bits per heavy atom. The number of amides is 2. The van der Waals surface area contributed by atoms with Crippen molar-refractivity contribution in [3.8, 4) is 5.75 Å². The highest BCUT2D eigenvalue weighted by molar-refractivity contribution is 7.89. The van der Waals surface area contributed by atoms with Gasteiger partial charge in [-0.1, -0.05) is 67.6 Å². The number of sulfonamides is 1. The molecule has 0 aliphatic carbocycles. The Kier molecular flexibility index (Phi) is 10.3. The van der Waals surface area contributed by atoms with E-state index in [1.54, 1.807) is 0 Å². The van der Waals surface area contributed by atoms with Crippen LogP contribution in [-0.4, -0.2) is 68.9 Å². The third-order valence-electron chi connectivity index (χ3n) is 6.53. The van der Waals surface area contributed by atoms with Gasteiger partial charge >= 0.3 is 0 Å². The molecule has 10 heteroatoms. The smallest absolute Gasteiger partial charge is 0.261 e. The van der Waals surface area contributed by atoms with Crippen molar-refractivity contribution in [1.29, 1.82) is 0 Å². The van der Waals surface area contributed by atoms with Gasteiger partial charge in [0.1, 0.15) is 11.8 Å². The monoisotopic (exact) mass is 565 g/mol. The molecule has 3 aromatic carbocycles. The SMILES string of the molecule is CCCNC(=O)C(c1ccccc1)N(Cc1ccccc1)C(=O)COc1ccc(S(=O)(=O)N2CCOCC2)cc1. The van der Waals surface area contributed by atoms with Crippen LogP contribution in [0.2, 0.25) is 0 Å². The Bertz CT molecular complexity index is 1350. The summed E-state index contributed by atoms with van der Waals surface area (Å²) in [6.45, 7) is 3.68. The Balaban J connectivity index is 1.53. The molecule has 1 aliphatic rings. The second-order valence-corrected chi connectivity index (χ2v) is 11.3. The summed E-state index contributed by atoms with van der Waals surface area (Å²) in [5.74, 6) is -0.301. The van der Waals surface area contributed by atoms with Crippen LogP contribution in [0.4, 0.5) is 0 Å².